The second-order valence-corrected chi connectivity index (χ2v) is 8.80. The molecular formula is C23H27BrN4O2. The molecule has 0 N–H and O–H groups in total. The molecule has 1 fully saturated rings. The van der Waals surface area contributed by atoms with Crippen LogP contribution in [0, 0.1) is 0 Å². The topological polar surface area (TPSA) is 63.6 Å². The van der Waals surface area contributed by atoms with Gasteiger partial charge in [-0.1, -0.05) is 42.6 Å². The largest absolute Gasteiger partial charge is 0.440 e. The molecule has 1 atom stereocenters. The summed E-state index contributed by atoms with van der Waals surface area (Å²) in [7, 11) is 0. The van der Waals surface area contributed by atoms with Gasteiger partial charge in [-0.05, 0) is 43.5 Å². The standard InChI is InChI=1S/C23H27BrN4O2/c1-3-16(2)22-26-20-10-8-17(24)14-19(20)23(29)28(22)25-15-18-9-11-21(30-18)27-12-6-4-5-7-13-27/h8-11,14-16H,3-7,12-13H2,1-2H3/t16-/m0/s1. The average Bonchev–Trinajstić information content (AvgIpc) is 3.05. The van der Waals surface area contributed by atoms with E-state index >= 15 is 0 Å². The summed E-state index contributed by atoms with van der Waals surface area (Å²) >= 11 is 3.44. The molecule has 6 nitrogen and oxygen atoms in total. The van der Waals surface area contributed by atoms with Crippen LogP contribution in [0.1, 0.15) is 63.5 Å². The molecule has 1 saturated heterocycles. The number of hydrogen-bond donors (Lipinski definition) is 0. The van der Waals surface area contributed by atoms with Crippen molar-refractivity contribution in [3.63, 3.8) is 0 Å². The lowest BCUT2D eigenvalue weighted by Crippen LogP contribution is -2.23. The van der Waals surface area contributed by atoms with Gasteiger partial charge in [0.1, 0.15) is 11.6 Å². The third-order valence-corrected chi connectivity index (χ3v) is 6.21. The Bertz CT molecular complexity index is 1110. The van der Waals surface area contributed by atoms with E-state index in [0.717, 1.165) is 29.9 Å². The Balaban J connectivity index is 1.69. The van der Waals surface area contributed by atoms with Gasteiger partial charge in [0.05, 0.1) is 17.1 Å². The zero-order valence-electron chi connectivity index (χ0n) is 17.5. The number of aromatic nitrogens is 2. The van der Waals surface area contributed by atoms with E-state index in [9.17, 15) is 4.79 Å². The molecule has 0 bridgehead atoms. The van der Waals surface area contributed by atoms with Crippen LogP contribution in [0.4, 0.5) is 5.88 Å². The minimum absolute atomic E-state index is 0.104. The number of rotatable bonds is 5. The number of fused-ring (bicyclic) bond motifs is 1. The zero-order chi connectivity index (χ0) is 21.1. The van der Waals surface area contributed by atoms with Gasteiger partial charge < -0.3 is 9.32 Å². The summed E-state index contributed by atoms with van der Waals surface area (Å²) in [5.74, 6) is 2.26. The molecule has 1 aliphatic rings. The Labute approximate surface area is 184 Å². The fraction of sp³-hybridized carbons (Fsp3) is 0.435. The van der Waals surface area contributed by atoms with Crippen LogP contribution < -0.4 is 10.5 Å². The first-order valence-electron chi connectivity index (χ1n) is 10.7. The third-order valence-electron chi connectivity index (χ3n) is 5.72. The lowest BCUT2D eigenvalue weighted by atomic mass is 10.1. The van der Waals surface area contributed by atoms with E-state index in [1.165, 1.54) is 30.4 Å². The maximum Gasteiger partial charge on any atom is 0.282 e. The summed E-state index contributed by atoms with van der Waals surface area (Å²) in [5.41, 5.74) is 0.513. The smallest absolute Gasteiger partial charge is 0.282 e. The van der Waals surface area contributed by atoms with Crippen molar-refractivity contribution in [2.45, 2.75) is 51.9 Å². The van der Waals surface area contributed by atoms with E-state index in [1.54, 1.807) is 12.3 Å². The lowest BCUT2D eigenvalue weighted by molar-refractivity contribution is 0.537. The van der Waals surface area contributed by atoms with Gasteiger partial charge in [0, 0.05) is 29.5 Å². The Hall–Kier alpha value is -2.41. The van der Waals surface area contributed by atoms with Crippen LogP contribution in [0.25, 0.3) is 10.9 Å². The number of nitrogens with zero attached hydrogens (tertiary/aromatic N) is 4. The van der Waals surface area contributed by atoms with Gasteiger partial charge in [-0.3, -0.25) is 4.79 Å². The van der Waals surface area contributed by atoms with E-state index < -0.39 is 0 Å². The van der Waals surface area contributed by atoms with Gasteiger partial charge in [0.15, 0.2) is 5.88 Å². The van der Waals surface area contributed by atoms with Crippen LogP contribution in [-0.4, -0.2) is 29.0 Å². The summed E-state index contributed by atoms with van der Waals surface area (Å²) in [6.07, 6.45) is 7.41. The van der Waals surface area contributed by atoms with Gasteiger partial charge in [0.25, 0.3) is 5.56 Å². The van der Waals surface area contributed by atoms with Crippen molar-refractivity contribution in [1.82, 2.24) is 9.66 Å². The Kier molecular flexibility index (Phi) is 6.37. The monoisotopic (exact) mass is 470 g/mol. The predicted molar refractivity (Wildman–Crippen MR) is 125 cm³/mol. The Morgan fingerprint density at radius 1 is 1.20 bits per heavy atom. The molecule has 0 unspecified atom stereocenters. The summed E-state index contributed by atoms with van der Waals surface area (Å²) in [6.45, 7) is 6.18. The number of benzene rings is 1. The van der Waals surface area contributed by atoms with E-state index in [2.05, 4.69) is 39.8 Å². The minimum Gasteiger partial charge on any atom is -0.440 e. The number of furan rings is 1. The van der Waals surface area contributed by atoms with Gasteiger partial charge >= 0.3 is 0 Å². The first-order chi connectivity index (χ1) is 14.6. The maximum absolute atomic E-state index is 13.2. The van der Waals surface area contributed by atoms with Crippen LogP contribution in [-0.2, 0) is 0 Å². The maximum atomic E-state index is 13.2. The van der Waals surface area contributed by atoms with E-state index in [4.69, 9.17) is 9.40 Å². The van der Waals surface area contributed by atoms with Gasteiger partial charge in [-0.15, -0.1) is 0 Å². The fourth-order valence-corrected chi connectivity index (χ4v) is 4.13. The molecule has 0 aliphatic carbocycles. The lowest BCUT2D eigenvalue weighted by Gasteiger charge is -2.18. The van der Waals surface area contributed by atoms with Crippen LogP contribution in [0.3, 0.4) is 0 Å². The quantitative estimate of drug-likeness (QED) is 0.459. The number of halogens is 1. The molecule has 0 spiro atoms. The molecule has 0 radical (unpaired) electrons. The first kappa shape index (κ1) is 20.8. The summed E-state index contributed by atoms with van der Waals surface area (Å²) in [6, 6.07) is 9.45. The molecule has 1 aromatic carbocycles. The number of anilines is 1. The van der Waals surface area contributed by atoms with Gasteiger partial charge in [0.2, 0.25) is 0 Å². The van der Waals surface area contributed by atoms with Crippen molar-refractivity contribution < 1.29 is 4.42 Å². The highest BCUT2D eigenvalue weighted by atomic mass is 79.9. The molecule has 3 heterocycles. The van der Waals surface area contributed by atoms with Crippen molar-refractivity contribution in [1.29, 1.82) is 0 Å². The first-order valence-corrected chi connectivity index (χ1v) is 11.5. The molecule has 4 rings (SSSR count). The van der Waals surface area contributed by atoms with E-state index in [0.29, 0.717) is 22.5 Å². The van der Waals surface area contributed by atoms with Crippen LogP contribution in [0.15, 0.2) is 49.1 Å². The molecule has 0 amide bonds. The van der Waals surface area contributed by atoms with E-state index in [1.807, 2.05) is 24.3 Å². The Morgan fingerprint density at radius 2 is 1.97 bits per heavy atom. The normalized spacial score (nSPS) is 16.3. The van der Waals surface area contributed by atoms with Crippen molar-refractivity contribution in [3.8, 4) is 0 Å². The second kappa shape index (κ2) is 9.16. The average molecular weight is 471 g/mol. The number of hydrogen-bond acceptors (Lipinski definition) is 5. The predicted octanol–water partition coefficient (Wildman–Crippen LogP) is 5.53. The summed E-state index contributed by atoms with van der Waals surface area (Å²) in [5, 5.41) is 5.03. The molecule has 2 aromatic heterocycles. The van der Waals surface area contributed by atoms with Crippen LogP contribution in [0.2, 0.25) is 0 Å². The van der Waals surface area contributed by atoms with Crippen LogP contribution in [0.5, 0.6) is 0 Å². The highest BCUT2D eigenvalue weighted by molar-refractivity contribution is 9.10. The van der Waals surface area contributed by atoms with E-state index in [-0.39, 0.29) is 11.5 Å². The highest BCUT2D eigenvalue weighted by Crippen LogP contribution is 2.23. The minimum atomic E-state index is -0.174. The molecule has 30 heavy (non-hydrogen) atoms. The Morgan fingerprint density at radius 3 is 2.70 bits per heavy atom. The van der Waals surface area contributed by atoms with Crippen molar-refractivity contribution >= 4 is 38.9 Å². The van der Waals surface area contributed by atoms with Gasteiger partial charge in [-0.25, -0.2) is 4.98 Å². The molecule has 0 saturated carbocycles. The highest BCUT2D eigenvalue weighted by Gasteiger charge is 2.16. The van der Waals surface area contributed by atoms with Crippen molar-refractivity contribution in [3.05, 3.63) is 56.7 Å². The SMILES string of the molecule is CC[C@H](C)c1nc2ccc(Br)cc2c(=O)n1N=Cc1ccc(N2CCCCCC2)o1. The second-order valence-electron chi connectivity index (χ2n) is 7.88. The van der Waals surface area contributed by atoms with Crippen LogP contribution >= 0.6 is 15.9 Å². The molecular weight excluding hydrogens is 444 g/mol. The molecule has 7 heteroatoms. The molecule has 3 aromatic rings. The van der Waals surface area contributed by atoms with Crippen molar-refractivity contribution in [2.75, 3.05) is 18.0 Å². The summed E-state index contributed by atoms with van der Waals surface area (Å²) in [4.78, 5) is 20.2. The fourth-order valence-electron chi connectivity index (χ4n) is 3.77. The van der Waals surface area contributed by atoms with Crippen molar-refractivity contribution in [2.24, 2.45) is 5.10 Å². The summed E-state index contributed by atoms with van der Waals surface area (Å²) < 4.78 is 8.26. The molecule has 158 valence electrons. The third kappa shape index (κ3) is 4.36. The van der Waals surface area contributed by atoms with Gasteiger partial charge in [-0.2, -0.15) is 9.78 Å². The molecule has 1 aliphatic heterocycles. The zero-order valence-corrected chi connectivity index (χ0v) is 19.1.